The van der Waals surface area contributed by atoms with Crippen LogP contribution in [-0.2, 0) is 4.79 Å². The minimum Gasteiger partial charge on any atom is -0.299 e. The van der Waals surface area contributed by atoms with Crippen LogP contribution in [0.25, 0.3) is 0 Å². The van der Waals surface area contributed by atoms with Crippen LogP contribution < -0.4 is 0 Å². The molecule has 5 atom stereocenters. The number of allylic oxidation sites excluding steroid dienone is 2. The smallest absolute Gasteiger partial charge is 0.138 e. The van der Waals surface area contributed by atoms with E-state index in [1.165, 1.54) is 32.1 Å². The van der Waals surface area contributed by atoms with Crippen LogP contribution >= 0.6 is 0 Å². The fourth-order valence-electron chi connectivity index (χ4n) is 7.16. The third-order valence-corrected chi connectivity index (χ3v) is 8.22. The van der Waals surface area contributed by atoms with Gasteiger partial charge in [-0.2, -0.15) is 0 Å². The lowest BCUT2D eigenvalue weighted by atomic mass is 9.40. The van der Waals surface area contributed by atoms with E-state index in [-0.39, 0.29) is 5.41 Å². The van der Waals surface area contributed by atoms with E-state index in [0.717, 1.165) is 18.8 Å². The Hall–Kier alpha value is -0.590. The summed E-state index contributed by atoms with van der Waals surface area (Å²) in [7, 11) is 0. The third kappa shape index (κ3) is 1.61. The van der Waals surface area contributed by atoms with Gasteiger partial charge in [-0.25, -0.2) is 0 Å². The molecule has 1 heteroatoms. The van der Waals surface area contributed by atoms with Gasteiger partial charge in [-0.3, -0.25) is 4.79 Å². The van der Waals surface area contributed by atoms with Crippen molar-refractivity contribution in [3.8, 4) is 0 Å². The van der Waals surface area contributed by atoms with Gasteiger partial charge in [0.1, 0.15) is 5.78 Å². The summed E-state index contributed by atoms with van der Waals surface area (Å²) >= 11 is 0. The van der Waals surface area contributed by atoms with Crippen LogP contribution in [-0.4, -0.2) is 5.78 Å². The first-order valence-corrected chi connectivity index (χ1v) is 8.96. The molecule has 0 aliphatic heterocycles. The molecule has 0 aromatic carbocycles. The molecule has 4 rings (SSSR count). The van der Waals surface area contributed by atoms with Gasteiger partial charge in [0.05, 0.1) is 0 Å². The van der Waals surface area contributed by atoms with Crippen molar-refractivity contribution in [3.63, 3.8) is 0 Å². The Morgan fingerprint density at radius 1 is 0.952 bits per heavy atom. The topological polar surface area (TPSA) is 17.1 Å². The predicted octanol–water partition coefficient (Wildman–Crippen LogP) is 5.15. The maximum Gasteiger partial charge on any atom is 0.138 e. The highest BCUT2D eigenvalue weighted by Gasteiger charge is 2.64. The Morgan fingerprint density at radius 2 is 1.67 bits per heavy atom. The lowest BCUT2D eigenvalue weighted by Crippen LogP contribution is -2.58. The van der Waals surface area contributed by atoms with E-state index >= 15 is 0 Å². The summed E-state index contributed by atoms with van der Waals surface area (Å²) in [5.41, 5.74) is 1.22. The lowest BCUT2D eigenvalue weighted by Gasteiger charge is -2.63. The fraction of sp³-hybridized carbons (Fsp3) is 0.850. The maximum absolute atomic E-state index is 12.5. The van der Waals surface area contributed by atoms with E-state index in [1.54, 1.807) is 0 Å². The molecule has 1 nitrogen and oxygen atoms in total. The fourth-order valence-corrected chi connectivity index (χ4v) is 7.16. The zero-order valence-electron chi connectivity index (χ0n) is 14.2. The Kier molecular flexibility index (Phi) is 2.56. The number of rotatable bonds is 0. The molecular formula is C20H30O. The molecule has 4 aliphatic rings. The van der Waals surface area contributed by atoms with Gasteiger partial charge in [0.25, 0.3) is 0 Å². The Morgan fingerprint density at radius 3 is 2.43 bits per heavy atom. The standard InChI is InChI=1S/C20H30O/c1-17(2)14-6-10-20-12-11-18(3,13-20)8-5-15(20)19(14,4)9-7-16(17)21/h11-12,14-15H,5-10,13H2,1-4H3. The van der Waals surface area contributed by atoms with Crippen LogP contribution in [0.2, 0.25) is 0 Å². The van der Waals surface area contributed by atoms with Gasteiger partial charge < -0.3 is 0 Å². The highest BCUT2D eigenvalue weighted by molar-refractivity contribution is 5.85. The number of carbonyl (C=O) groups excluding carboxylic acids is 1. The van der Waals surface area contributed by atoms with Crippen molar-refractivity contribution in [1.82, 2.24) is 0 Å². The second-order valence-corrected chi connectivity index (χ2v) is 9.73. The molecule has 21 heavy (non-hydrogen) atoms. The second-order valence-electron chi connectivity index (χ2n) is 9.73. The van der Waals surface area contributed by atoms with Gasteiger partial charge in [0, 0.05) is 11.8 Å². The Balaban J connectivity index is 1.76. The SMILES string of the molecule is CC12C=CC3(CCC4C(C)(C)C(=O)CCC4(C)C3CC1)C2. The zero-order valence-corrected chi connectivity index (χ0v) is 14.2. The number of hydrogen-bond donors (Lipinski definition) is 0. The highest BCUT2D eigenvalue weighted by atomic mass is 16.1. The van der Waals surface area contributed by atoms with Gasteiger partial charge in [-0.05, 0) is 66.6 Å². The van der Waals surface area contributed by atoms with Crippen molar-refractivity contribution in [3.05, 3.63) is 12.2 Å². The third-order valence-electron chi connectivity index (χ3n) is 8.22. The van der Waals surface area contributed by atoms with Crippen LogP contribution in [0.3, 0.4) is 0 Å². The molecule has 0 heterocycles. The van der Waals surface area contributed by atoms with E-state index < -0.39 is 0 Å². The molecule has 3 fully saturated rings. The summed E-state index contributed by atoms with van der Waals surface area (Å²) in [4.78, 5) is 12.5. The molecule has 1 spiro atoms. The lowest BCUT2D eigenvalue weighted by molar-refractivity contribution is -0.163. The average molecular weight is 286 g/mol. The van der Waals surface area contributed by atoms with Crippen LogP contribution in [0.1, 0.15) is 72.6 Å². The van der Waals surface area contributed by atoms with Crippen molar-refractivity contribution in [2.24, 2.45) is 33.5 Å². The van der Waals surface area contributed by atoms with Gasteiger partial charge in [-0.1, -0.05) is 39.8 Å². The second kappa shape index (κ2) is 3.84. The quantitative estimate of drug-likeness (QED) is 0.562. The first-order chi connectivity index (χ1) is 9.72. The van der Waals surface area contributed by atoms with Gasteiger partial charge >= 0.3 is 0 Å². The number of ketones is 1. The van der Waals surface area contributed by atoms with Crippen molar-refractivity contribution in [2.75, 3.05) is 0 Å². The molecular weight excluding hydrogens is 256 g/mol. The zero-order chi connectivity index (χ0) is 15.1. The van der Waals surface area contributed by atoms with Gasteiger partial charge in [0.2, 0.25) is 0 Å². The molecule has 0 N–H and O–H groups in total. The summed E-state index contributed by atoms with van der Waals surface area (Å²) < 4.78 is 0. The summed E-state index contributed by atoms with van der Waals surface area (Å²) in [6.07, 6.45) is 13.8. The highest BCUT2D eigenvalue weighted by Crippen LogP contribution is 2.71. The van der Waals surface area contributed by atoms with Gasteiger partial charge in [-0.15, -0.1) is 0 Å². The van der Waals surface area contributed by atoms with Gasteiger partial charge in [0.15, 0.2) is 0 Å². The summed E-state index contributed by atoms with van der Waals surface area (Å²) in [6.45, 7) is 9.45. The van der Waals surface area contributed by atoms with E-state index in [2.05, 4.69) is 39.8 Å². The van der Waals surface area contributed by atoms with Crippen LogP contribution in [0.5, 0.6) is 0 Å². The molecule has 4 aliphatic carbocycles. The van der Waals surface area contributed by atoms with Crippen molar-refractivity contribution in [2.45, 2.75) is 72.6 Å². The summed E-state index contributed by atoms with van der Waals surface area (Å²) in [5, 5.41) is 0. The van der Waals surface area contributed by atoms with E-state index in [9.17, 15) is 4.79 Å². The molecule has 0 aromatic rings. The molecule has 0 radical (unpaired) electrons. The largest absolute Gasteiger partial charge is 0.299 e. The molecule has 0 aromatic heterocycles. The van der Waals surface area contributed by atoms with E-state index in [4.69, 9.17) is 0 Å². The minimum atomic E-state index is -0.0995. The van der Waals surface area contributed by atoms with E-state index in [1.807, 2.05) is 0 Å². The summed E-state index contributed by atoms with van der Waals surface area (Å²) in [5.74, 6) is 1.92. The summed E-state index contributed by atoms with van der Waals surface area (Å²) in [6, 6.07) is 0. The Bertz CT molecular complexity index is 530. The molecule has 3 saturated carbocycles. The van der Waals surface area contributed by atoms with Crippen LogP contribution in [0.15, 0.2) is 12.2 Å². The normalized spacial score (nSPS) is 54.2. The number of hydrogen-bond acceptors (Lipinski definition) is 1. The van der Waals surface area contributed by atoms with E-state index in [0.29, 0.717) is 27.9 Å². The maximum atomic E-state index is 12.5. The predicted molar refractivity (Wildman–Crippen MR) is 85.9 cm³/mol. The number of carbonyl (C=O) groups is 1. The first kappa shape index (κ1) is 14.0. The molecule has 116 valence electrons. The van der Waals surface area contributed by atoms with Crippen molar-refractivity contribution < 1.29 is 4.79 Å². The number of fused-ring (bicyclic) bond motifs is 3. The number of Topliss-reactive ketones (excluding diaryl/α,β-unsaturated/α-hetero) is 1. The average Bonchev–Trinajstić information content (AvgIpc) is 2.65. The first-order valence-electron chi connectivity index (χ1n) is 8.96. The van der Waals surface area contributed by atoms with Crippen LogP contribution in [0.4, 0.5) is 0 Å². The molecule has 2 bridgehead atoms. The molecule has 0 amide bonds. The minimum absolute atomic E-state index is 0.0995. The van der Waals surface area contributed by atoms with Crippen molar-refractivity contribution in [1.29, 1.82) is 0 Å². The van der Waals surface area contributed by atoms with Crippen molar-refractivity contribution >= 4 is 5.78 Å². The Labute approximate surface area is 129 Å². The monoisotopic (exact) mass is 286 g/mol. The molecule has 5 unspecified atom stereocenters. The van der Waals surface area contributed by atoms with Crippen LogP contribution in [0, 0.1) is 33.5 Å². The molecule has 0 saturated heterocycles.